The van der Waals surface area contributed by atoms with Gasteiger partial charge in [-0.2, -0.15) is 5.26 Å². The van der Waals surface area contributed by atoms with Gasteiger partial charge in [0.25, 0.3) is 0 Å². The van der Waals surface area contributed by atoms with Gasteiger partial charge in [-0.05, 0) is 71.8 Å². The van der Waals surface area contributed by atoms with Gasteiger partial charge in [0.1, 0.15) is 17.2 Å². The molecule has 0 bridgehead atoms. The zero-order valence-corrected chi connectivity index (χ0v) is 25.2. The largest absolute Gasteiger partial charge is 0.455 e. The Bertz CT molecular complexity index is 2860. The van der Waals surface area contributed by atoms with Gasteiger partial charge in [0.05, 0.1) is 38.7 Å². The Labute approximate surface area is 269 Å². The number of para-hydroxylation sites is 4. The highest BCUT2D eigenvalue weighted by atomic mass is 16.3. The minimum Gasteiger partial charge on any atom is -0.455 e. The van der Waals surface area contributed by atoms with Crippen molar-refractivity contribution in [1.82, 2.24) is 9.13 Å². The average Bonchev–Trinajstić information content (AvgIpc) is 3.79. The van der Waals surface area contributed by atoms with E-state index in [0.717, 1.165) is 77.3 Å². The molecule has 0 unspecified atom stereocenters. The summed E-state index contributed by atoms with van der Waals surface area (Å²) in [5, 5.41) is 17.3. The molecule has 0 aliphatic heterocycles. The SMILES string of the molecule is N#Cc1cc(-c2ccc(-n3c4ccccc4c4c5oc6ccccc6c5ccc43)cc2)ccc1-n1c2ccccc2c2ccccc21. The topological polar surface area (TPSA) is 46.8 Å². The second kappa shape index (κ2) is 9.71. The van der Waals surface area contributed by atoms with Crippen LogP contribution in [0.1, 0.15) is 5.56 Å². The lowest BCUT2D eigenvalue weighted by Gasteiger charge is -2.13. The van der Waals surface area contributed by atoms with E-state index in [0.29, 0.717) is 5.56 Å². The van der Waals surface area contributed by atoms with E-state index in [9.17, 15) is 5.26 Å². The molecule has 0 radical (unpaired) electrons. The van der Waals surface area contributed by atoms with Gasteiger partial charge >= 0.3 is 0 Å². The van der Waals surface area contributed by atoms with Crippen molar-refractivity contribution in [3.05, 3.63) is 157 Å². The zero-order chi connectivity index (χ0) is 31.1. The molecule has 0 fully saturated rings. The van der Waals surface area contributed by atoms with Gasteiger partial charge in [-0.3, -0.25) is 0 Å². The molecule has 10 rings (SSSR count). The molecule has 0 aliphatic carbocycles. The molecule has 218 valence electrons. The molecule has 0 amide bonds. The lowest BCUT2D eigenvalue weighted by atomic mass is 10.0. The van der Waals surface area contributed by atoms with Crippen molar-refractivity contribution in [3.8, 4) is 28.6 Å². The molecule has 7 aromatic carbocycles. The number of hydrogen-bond acceptors (Lipinski definition) is 2. The normalized spacial score (nSPS) is 11.8. The number of aromatic nitrogens is 2. The number of nitrogens with zero attached hydrogens (tertiary/aromatic N) is 3. The second-order valence-corrected chi connectivity index (χ2v) is 12.0. The van der Waals surface area contributed by atoms with Gasteiger partial charge in [-0.1, -0.05) is 91.0 Å². The highest BCUT2D eigenvalue weighted by Crippen LogP contribution is 2.41. The molecule has 3 aromatic heterocycles. The standard InChI is InChI=1S/C43H25N3O/c44-26-29-25-28(19-23-36(29)46-37-13-5-1-9-31(37)32-10-2-6-14-38(32)46)27-17-20-30(21-18-27)45-39-15-7-3-12-35(39)42-40(45)24-22-34-33-11-4-8-16-41(33)47-43(34)42/h1-25H. The number of benzene rings is 7. The third-order valence-corrected chi connectivity index (χ3v) is 9.58. The first kappa shape index (κ1) is 25.7. The Morgan fingerprint density at radius 3 is 1.77 bits per heavy atom. The van der Waals surface area contributed by atoms with Crippen LogP contribution in [-0.2, 0) is 0 Å². The van der Waals surface area contributed by atoms with Crippen LogP contribution in [0.3, 0.4) is 0 Å². The lowest BCUT2D eigenvalue weighted by Crippen LogP contribution is -1.98. The van der Waals surface area contributed by atoms with Gasteiger partial charge in [0.2, 0.25) is 0 Å². The van der Waals surface area contributed by atoms with Gasteiger partial charge in [0, 0.05) is 32.6 Å². The Balaban J connectivity index is 1.10. The van der Waals surface area contributed by atoms with Crippen LogP contribution in [0.4, 0.5) is 0 Å². The molecular formula is C43H25N3O. The zero-order valence-electron chi connectivity index (χ0n) is 25.2. The maximum atomic E-state index is 10.4. The first-order chi connectivity index (χ1) is 23.3. The predicted octanol–water partition coefficient (Wildman–Crippen LogP) is 11.3. The number of rotatable bonds is 3. The van der Waals surface area contributed by atoms with E-state index < -0.39 is 0 Å². The van der Waals surface area contributed by atoms with E-state index >= 15 is 0 Å². The monoisotopic (exact) mass is 599 g/mol. The summed E-state index contributed by atoms with van der Waals surface area (Å²) in [7, 11) is 0. The number of furan rings is 1. The summed E-state index contributed by atoms with van der Waals surface area (Å²) < 4.78 is 11.0. The van der Waals surface area contributed by atoms with E-state index in [1.807, 2.05) is 18.2 Å². The van der Waals surface area contributed by atoms with E-state index in [1.165, 1.54) is 10.8 Å². The van der Waals surface area contributed by atoms with E-state index in [4.69, 9.17) is 4.42 Å². The molecule has 0 saturated heterocycles. The van der Waals surface area contributed by atoms with Crippen LogP contribution in [0.15, 0.2) is 156 Å². The summed E-state index contributed by atoms with van der Waals surface area (Å²) in [6, 6.07) is 55.2. The average molecular weight is 600 g/mol. The van der Waals surface area contributed by atoms with E-state index in [2.05, 4.69) is 149 Å². The van der Waals surface area contributed by atoms with Crippen molar-refractivity contribution in [1.29, 1.82) is 5.26 Å². The predicted molar refractivity (Wildman–Crippen MR) is 193 cm³/mol. The molecule has 4 heteroatoms. The molecule has 10 aromatic rings. The number of nitriles is 1. The molecule has 0 aliphatic rings. The Kier molecular flexibility index (Phi) is 5.32. The molecule has 0 spiro atoms. The van der Waals surface area contributed by atoms with Gasteiger partial charge in [0.15, 0.2) is 0 Å². The fourth-order valence-corrected chi connectivity index (χ4v) is 7.50. The molecule has 4 nitrogen and oxygen atoms in total. The van der Waals surface area contributed by atoms with Crippen molar-refractivity contribution in [2.45, 2.75) is 0 Å². The van der Waals surface area contributed by atoms with Crippen molar-refractivity contribution in [2.75, 3.05) is 0 Å². The molecule has 47 heavy (non-hydrogen) atoms. The molecule has 0 atom stereocenters. The summed E-state index contributed by atoms with van der Waals surface area (Å²) in [5.41, 5.74) is 10.9. The fourth-order valence-electron chi connectivity index (χ4n) is 7.50. The molecule has 0 saturated carbocycles. The van der Waals surface area contributed by atoms with Crippen molar-refractivity contribution in [3.63, 3.8) is 0 Å². The summed E-state index contributed by atoms with van der Waals surface area (Å²) in [6.07, 6.45) is 0. The van der Waals surface area contributed by atoms with Crippen molar-refractivity contribution in [2.24, 2.45) is 0 Å². The maximum absolute atomic E-state index is 10.4. The van der Waals surface area contributed by atoms with E-state index in [-0.39, 0.29) is 0 Å². The fraction of sp³-hybridized carbons (Fsp3) is 0. The van der Waals surface area contributed by atoms with Crippen LogP contribution in [0, 0.1) is 11.3 Å². The molecular weight excluding hydrogens is 574 g/mol. The van der Waals surface area contributed by atoms with Crippen molar-refractivity contribution < 1.29 is 4.42 Å². The third kappa shape index (κ3) is 3.63. The van der Waals surface area contributed by atoms with Crippen LogP contribution >= 0.6 is 0 Å². The second-order valence-electron chi connectivity index (χ2n) is 12.0. The minimum atomic E-state index is 0.635. The Hall–Kier alpha value is -6.57. The smallest absolute Gasteiger partial charge is 0.145 e. The quantitative estimate of drug-likeness (QED) is 0.203. The van der Waals surface area contributed by atoms with Crippen LogP contribution in [0.5, 0.6) is 0 Å². The minimum absolute atomic E-state index is 0.635. The Morgan fingerprint density at radius 2 is 1.06 bits per heavy atom. The summed E-state index contributed by atoms with van der Waals surface area (Å²) >= 11 is 0. The summed E-state index contributed by atoms with van der Waals surface area (Å²) in [4.78, 5) is 0. The Morgan fingerprint density at radius 1 is 0.468 bits per heavy atom. The maximum Gasteiger partial charge on any atom is 0.145 e. The third-order valence-electron chi connectivity index (χ3n) is 9.58. The molecule has 3 heterocycles. The summed E-state index contributed by atoms with van der Waals surface area (Å²) in [6.45, 7) is 0. The lowest BCUT2D eigenvalue weighted by molar-refractivity contribution is 0.673. The number of hydrogen-bond donors (Lipinski definition) is 0. The van der Waals surface area contributed by atoms with Gasteiger partial charge < -0.3 is 13.6 Å². The van der Waals surface area contributed by atoms with Gasteiger partial charge in [-0.25, -0.2) is 0 Å². The highest BCUT2D eigenvalue weighted by molar-refractivity contribution is 6.23. The van der Waals surface area contributed by atoms with Gasteiger partial charge in [-0.15, -0.1) is 0 Å². The van der Waals surface area contributed by atoms with E-state index in [1.54, 1.807) is 0 Å². The van der Waals surface area contributed by atoms with Crippen molar-refractivity contribution >= 4 is 65.6 Å². The molecule has 0 N–H and O–H groups in total. The van der Waals surface area contributed by atoms with Crippen LogP contribution < -0.4 is 0 Å². The van der Waals surface area contributed by atoms with Crippen LogP contribution in [-0.4, -0.2) is 9.13 Å². The first-order valence-corrected chi connectivity index (χ1v) is 15.8. The number of fused-ring (bicyclic) bond motifs is 10. The highest BCUT2D eigenvalue weighted by Gasteiger charge is 2.19. The first-order valence-electron chi connectivity index (χ1n) is 15.8. The van der Waals surface area contributed by atoms with Crippen LogP contribution in [0.25, 0.3) is 88.1 Å². The summed E-state index contributed by atoms with van der Waals surface area (Å²) in [5.74, 6) is 0. The van der Waals surface area contributed by atoms with Crippen LogP contribution in [0.2, 0.25) is 0 Å².